The summed E-state index contributed by atoms with van der Waals surface area (Å²) in [6, 6.07) is 5.34. The zero-order valence-electron chi connectivity index (χ0n) is 8.13. The Bertz CT molecular complexity index is 406. The summed E-state index contributed by atoms with van der Waals surface area (Å²) in [7, 11) is 0. The average molecular weight is 261 g/mol. The number of amidine groups is 1. The first-order chi connectivity index (χ1) is 7.15. The van der Waals surface area contributed by atoms with E-state index in [0.29, 0.717) is 15.3 Å². The smallest absolute Gasteiger partial charge is 0.161 e. The van der Waals surface area contributed by atoms with E-state index in [0.717, 1.165) is 17.4 Å². The van der Waals surface area contributed by atoms with Gasteiger partial charge in [0, 0.05) is 10.3 Å². The lowest BCUT2D eigenvalue weighted by molar-refractivity contribution is 0.976. The second-order valence-electron chi connectivity index (χ2n) is 3.32. The summed E-state index contributed by atoms with van der Waals surface area (Å²) in [4.78, 5) is 4.35. The molecule has 1 heterocycles. The summed E-state index contributed by atoms with van der Waals surface area (Å²) >= 11 is 13.6. The van der Waals surface area contributed by atoms with Crippen molar-refractivity contribution in [1.29, 1.82) is 0 Å². The molecule has 5 heteroatoms. The van der Waals surface area contributed by atoms with Crippen LogP contribution in [0.2, 0.25) is 10.0 Å². The van der Waals surface area contributed by atoms with Crippen molar-refractivity contribution in [2.45, 2.75) is 12.2 Å². The fraction of sp³-hybridized carbons (Fsp3) is 0.300. The van der Waals surface area contributed by atoms with E-state index in [1.807, 2.05) is 0 Å². The van der Waals surface area contributed by atoms with E-state index in [2.05, 4.69) is 17.2 Å². The van der Waals surface area contributed by atoms with Crippen LogP contribution in [0.4, 0.5) is 5.69 Å². The monoisotopic (exact) mass is 260 g/mol. The number of hydrogen-bond donors (Lipinski definition) is 1. The second kappa shape index (κ2) is 4.64. The molecule has 0 aromatic heterocycles. The Kier molecular flexibility index (Phi) is 3.44. The standard InChI is InChI=1S/C10H10Cl2N2S/c1-6-5-13-10(15-6)14-9-4-7(11)2-3-8(9)12/h2-4,6H,5H2,1H3,(H,13,14). The highest BCUT2D eigenvalue weighted by molar-refractivity contribution is 8.15. The van der Waals surface area contributed by atoms with Crippen molar-refractivity contribution < 1.29 is 0 Å². The molecule has 80 valence electrons. The summed E-state index contributed by atoms with van der Waals surface area (Å²) < 4.78 is 0. The van der Waals surface area contributed by atoms with Gasteiger partial charge in [0.2, 0.25) is 0 Å². The Labute approximate surface area is 103 Å². The fourth-order valence-electron chi connectivity index (χ4n) is 1.25. The third-order valence-corrected chi connectivity index (χ3v) is 3.55. The van der Waals surface area contributed by atoms with Gasteiger partial charge in [-0.3, -0.25) is 4.99 Å². The van der Waals surface area contributed by atoms with Crippen molar-refractivity contribution in [3.05, 3.63) is 28.2 Å². The van der Waals surface area contributed by atoms with Crippen LogP contribution in [-0.4, -0.2) is 17.0 Å². The lowest BCUT2D eigenvalue weighted by Gasteiger charge is -2.08. The minimum atomic E-state index is 0.533. The molecule has 1 aliphatic heterocycles. The SMILES string of the molecule is CC1CN=C(Nc2cc(Cl)ccc2Cl)S1. The molecule has 1 unspecified atom stereocenters. The molecule has 1 aliphatic rings. The molecular formula is C10H10Cl2N2S. The molecule has 15 heavy (non-hydrogen) atoms. The van der Waals surface area contributed by atoms with Gasteiger partial charge in [0.25, 0.3) is 0 Å². The molecule has 0 amide bonds. The van der Waals surface area contributed by atoms with Gasteiger partial charge in [0.05, 0.1) is 17.3 Å². The highest BCUT2D eigenvalue weighted by Gasteiger charge is 2.15. The number of anilines is 1. The van der Waals surface area contributed by atoms with Gasteiger partial charge in [-0.1, -0.05) is 41.9 Å². The van der Waals surface area contributed by atoms with Crippen LogP contribution in [0, 0.1) is 0 Å². The maximum atomic E-state index is 6.03. The van der Waals surface area contributed by atoms with Crippen LogP contribution in [0.3, 0.4) is 0 Å². The molecule has 0 fully saturated rings. The fourth-order valence-corrected chi connectivity index (χ4v) is 2.44. The first-order valence-corrected chi connectivity index (χ1v) is 6.22. The van der Waals surface area contributed by atoms with Crippen LogP contribution in [0.1, 0.15) is 6.92 Å². The van der Waals surface area contributed by atoms with Crippen LogP contribution in [0.25, 0.3) is 0 Å². The number of benzene rings is 1. The van der Waals surface area contributed by atoms with Crippen LogP contribution >= 0.6 is 35.0 Å². The topological polar surface area (TPSA) is 24.4 Å². The Morgan fingerprint density at radius 3 is 2.93 bits per heavy atom. The second-order valence-corrected chi connectivity index (χ2v) is 5.59. The number of aliphatic imine (C=N–C) groups is 1. The molecule has 0 radical (unpaired) electrons. The third-order valence-electron chi connectivity index (χ3n) is 1.97. The number of halogens is 2. The number of rotatable bonds is 1. The van der Waals surface area contributed by atoms with Crippen molar-refractivity contribution in [3.8, 4) is 0 Å². The van der Waals surface area contributed by atoms with Crippen molar-refractivity contribution >= 4 is 45.8 Å². The van der Waals surface area contributed by atoms with Crippen LogP contribution < -0.4 is 5.32 Å². The van der Waals surface area contributed by atoms with E-state index in [4.69, 9.17) is 23.2 Å². The Morgan fingerprint density at radius 2 is 2.27 bits per heavy atom. The van der Waals surface area contributed by atoms with E-state index in [9.17, 15) is 0 Å². The summed E-state index contributed by atoms with van der Waals surface area (Å²) in [6.45, 7) is 2.99. The number of thioether (sulfide) groups is 1. The Balaban J connectivity index is 2.14. The first kappa shape index (κ1) is 11.1. The minimum Gasteiger partial charge on any atom is -0.334 e. The maximum Gasteiger partial charge on any atom is 0.161 e. The zero-order valence-corrected chi connectivity index (χ0v) is 10.5. The molecule has 1 N–H and O–H groups in total. The van der Waals surface area contributed by atoms with Gasteiger partial charge in [-0.25, -0.2) is 0 Å². The lowest BCUT2D eigenvalue weighted by atomic mass is 10.3. The van der Waals surface area contributed by atoms with Crippen molar-refractivity contribution in [3.63, 3.8) is 0 Å². The van der Waals surface area contributed by atoms with Gasteiger partial charge in [-0.15, -0.1) is 0 Å². The molecule has 2 nitrogen and oxygen atoms in total. The molecular weight excluding hydrogens is 251 g/mol. The van der Waals surface area contributed by atoms with Crippen molar-refractivity contribution in [2.24, 2.45) is 4.99 Å². The van der Waals surface area contributed by atoms with Gasteiger partial charge < -0.3 is 5.32 Å². The molecule has 0 aliphatic carbocycles. The summed E-state index contributed by atoms with van der Waals surface area (Å²) in [5, 5.41) is 5.94. The molecule has 1 atom stereocenters. The molecule has 0 bridgehead atoms. The molecule has 1 aromatic rings. The number of nitrogens with zero attached hydrogens (tertiary/aromatic N) is 1. The Hall–Kier alpha value is -0.380. The van der Waals surface area contributed by atoms with Gasteiger partial charge in [0.1, 0.15) is 0 Å². The molecule has 0 saturated heterocycles. The van der Waals surface area contributed by atoms with E-state index < -0.39 is 0 Å². The maximum absolute atomic E-state index is 6.03. The highest BCUT2D eigenvalue weighted by atomic mass is 35.5. The normalized spacial score (nSPS) is 20.2. The summed E-state index contributed by atoms with van der Waals surface area (Å²) in [5.41, 5.74) is 0.810. The van der Waals surface area contributed by atoms with E-state index in [1.54, 1.807) is 30.0 Å². The zero-order chi connectivity index (χ0) is 10.8. The predicted octanol–water partition coefficient (Wildman–Crippen LogP) is 3.90. The largest absolute Gasteiger partial charge is 0.334 e. The van der Waals surface area contributed by atoms with Gasteiger partial charge in [-0.2, -0.15) is 0 Å². The molecule has 0 saturated carbocycles. The van der Waals surface area contributed by atoms with Gasteiger partial charge >= 0.3 is 0 Å². The van der Waals surface area contributed by atoms with E-state index in [1.165, 1.54) is 0 Å². The summed E-state index contributed by atoms with van der Waals surface area (Å²) in [6.07, 6.45) is 0. The van der Waals surface area contributed by atoms with Crippen LogP contribution in [-0.2, 0) is 0 Å². The van der Waals surface area contributed by atoms with Gasteiger partial charge in [0.15, 0.2) is 5.17 Å². The van der Waals surface area contributed by atoms with E-state index >= 15 is 0 Å². The van der Waals surface area contributed by atoms with Crippen molar-refractivity contribution in [2.75, 3.05) is 11.9 Å². The highest BCUT2D eigenvalue weighted by Crippen LogP contribution is 2.28. The number of nitrogens with one attached hydrogen (secondary N) is 1. The molecule has 0 spiro atoms. The van der Waals surface area contributed by atoms with Crippen molar-refractivity contribution in [1.82, 2.24) is 0 Å². The van der Waals surface area contributed by atoms with Gasteiger partial charge in [-0.05, 0) is 18.2 Å². The van der Waals surface area contributed by atoms with E-state index in [-0.39, 0.29) is 0 Å². The quantitative estimate of drug-likeness (QED) is 0.829. The first-order valence-electron chi connectivity index (χ1n) is 4.58. The average Bonchev–Trinajstić information content (AvgIpc) is 2.58. The van der Waals surface area contributed by atoms with Crippen LogP contribution in [0.15, 0.2) is 23.2 Å². The molecule has 2 rings (SSSR count). The Morgan fingerprint density at radius 1 is 1.47 bits per heavy atom. The molecule has 1 aromatic carbocycles. The summed E-state index contributed by atoms with van der Waals surface area (Å²) in [5.74, 6) is 0. The minimum absolute atomic E-state index is 0.533. The number of hydrogen-bond acceptors (Lipinski definition) is 3. The third kappa shape index (κ3) is 2.80. The van der Waals surface area contributed by atoms with Crippen LogP contribution in [0.5, 0.6) is 0 Å². The lowest BCUT2D eigenvalue weighted by Crippen LogP contribution is -2.06. The predicted molar refractivity (Wildman–Crippen MR) is 69.4 cm³/mol.